The highest BCUT2D eigenvalue weighted by atomic mass is 35.5. The summed E-state index contributed by atoms with van der Waals surface area (Å²) in [6.07, 6.45) is 6.74. The second-order valence-electron chi connectivity index (χ2n) is 3.69. The molecule has 14 heavy (non-hydrogen) atoms. The largest absolute Gasteiger partial charge is 0.317 e. The van der Waals surface area contributed by atoms with E-state index in [-0.39, 0.29) is 0 Å². The van der Waals surface area contributed by atoms with Crippen molar-refractivity contribution in [1.29, 1.82) is 0 Å². The van der Waals surface area contributed by atoms with E-state index < -0.39 is 0 Å². The molecule has 1 aliphatic heterocycles. The number of aromatic nitrogens is 2. The third-order valence-corrected chi connectivity index (χ3v) is 2.98. The van der Waals surface area contributed by atoms with Crippen molar-refractivity contribution < 1.29 is 0 Å². The Morgan fingerprint density at radius 1 is 1.29 bits per heavy atom. The van der Waals surface area contributed by atoms with Crippen molar-refractivity contribution in [1.82, 2.24) is 15.3 Å². The monoisotopic (exact) mass is 211 g/mol. The maximum Gasteiger partial charge on any atom is 0.150 e. The molecule has 0 unspecified atom stereocenters. The van der Waals surface area contributed by atoms with Crippen molar-refractivity contribution in [3.63, 3.8) is 0 Å². The molecule has 0 aliphatic carbocycles. The van der Waals surface area contributed by atoms with Gasteiger partial charge in [-0.25, -0.2) is 4.98 Å². The Kier molecular flexibility index (Phi) is 3.32. The molecule has 3 nitrogen and oxygen atoms in total. The molecule has 0 atom stereocenters. The fourth-order valence-corrected chi connectivity index (χ4v) is 2.03. The Morgan fingerprint density at radius 2 is 2.00 bits per heavy atom. The molecule has 0 spiro atoms. The molecule has 76 valence electrons. The molecule has 1 aromatic heterocycles. The minimum absolute atomic E-state index is 0.561. The van der Waals surface area contributed by atoms with E-state index in [1.165, 1.54) is 12.8 Å². The smallest absolute Gasteiger partial charge is 0.150 e. The van der Waals surface area contributed by atoms with Gasteiger partial charge in [-0.05, 0) is 38.3 Å². The molecule has 1 aliphatic rings. The molecule has 2 heterocycles. The van der Waals surface area contributed by atoms with Crippen molar-refractivity contribution in [3.8, 4) is 0 Å². The van der Waals surface area contributed by atoms with Gasteiger partial charge < -0.3 is 5.32 Å². The van der Waals surface area contributed by atoms with Crippen LogP contribution in [0, 0.1) is 5.92 Å². The van der Waals surface area contributed by atoms with E-state index in [9.17, 15) is 0 Å². The van der Waals surface area contributed by atoms with E-state index >= 15 is 0 Å². The van der Waals surface area contributed by atoms with Crippen LogP contribution in [0.2, 0.25) is 5.15 Å². The number of hydrogen-bond donors (Lipinski definition) is 1. The Hall–Kier alpha value is -0.670. The van der Waals surface area contributed by atoms with Crippen LogP contribution in [0.25, 0.3) is 0 Å². The van der Waals surface area contributed by atoms with Crippen LogP contribution in [0.1, 0.15) is 18.5 Å². The lowest BCUT2D eigenvalue weighted by Gasteiger charge is -2.22. The maximum atomic E-state index is 5.95. The van der Waals surface area contributed by atoms with Gasteiger partial charge in [-0.3, -0.25) is 4.98 Å². The summed E-state index contributed by atoms with van der Waals surface area (Å²) >= 11 is 5.95. The van der Waals surface area contributed by atoms with Gasteiger partial charge in [0.2, 0.25) is 0 Å². The lowest BCUT2D eigenvalue weighted by molar-refractivity contribution is 0.370. The van der Waals surface area contributed by atoms with E-state index in [1.54, 1.807) is 12.4 Å². The fraction of sp³-hybridized carbons (Fsp3) is 0.600. The van der Waals surface area contributed by atoms with Gasteiger partial charge in [0, 0.05) is 12.4 Å². The van der Waals surface area contributed by atoms with Gasteiger partial charge in [0.1, 0.15) is 5.15 Å². The van der Waals surface area contributed by atoms with Crippen LogP contribution in [0.4, 0.5) is 0 Å². The van der Waals surface area contributed by atoms with Crippen molar-refractivity contribution in [2.45, 2.75) is 19.3 Å². The maximum absolute atomic E-state index is 5.95. The summed E-state index contributed by atoms with van der Waals surface area (Å²) in [5, 5.41) is 3.91. The predicted octanol–water partition coefficient (Wildman–Crippen LogP) is 1.67. The number of hydrogen-bond acceptors (Lipinski definition) is 3. The van der Waals surface area contributed by atoms with Gasteiger partial charge in [0.25, 0.3) is 0 Å². The van der Waals surface area contributed by atoms with E-state index in [2.05, 4.69) is 15.3 Å². The van der Waals surface area contributed by atoms with Crippen LogP contribution in [0.15, 0.2) is 12.4 Å². The summed E-state index contributed by atoms with van der Waals surface area (Å²) in [4.78, 5) is 8.29. The Morgan fingerprint density at radius 3 is 2.71 bits per heavy atom. The minimum Gasteiger partial charge on any atom is -0.317 e. The van der Waals surface area contributed by atoms with Crippen molar-refractivity contribution >= 4 is 11.6 Å². The first-order valence-corrected chi connectivity index (χ1v) is 5.40. The average Bonchev–Trinajstić information content (AvgIpc) is 2.23. The molecule has 2 rings (SSSR count). The molecule has 0 saturated carbocycles. The summed E-state index contributed by atoms with van der Waals surface area (Å²) < 4.78 is 0. The first kappa shape index (κ1) is 9.87. The summed E-state index contributed by atoms with van der Waals surface area (Å²) in [7, 11) is 0. The van der Waals surface area contributed by atoms with Gasteiger partial charge in [-0.2, -0.15) is 0 Å². The molecule has 4 heteroatoms. The van der Waals surface area contributed by atoms with Gasteiger partial charge in [-0.1, -0.05) is 11.6 Å². The standard InChI is InChI=1S/C10H14ClN3/c11-10-9(13-5-6-14-10)7-8-1-3-12-4-2-8/h5-6,8,12H,1-4,7H2. The number of piperidine rings is 1. The van der Waals surface area contributed by atoms with E-state index in [1.807, 2.05) is 0 Å². The van der Waals surface area contributed by atoms with Crippen LogP contribution >= 0.6 is 11.6 Å². The first-order valence-electron chi connectivity index (χ1n) is 5.02. The molecular formula is C10H14ClN3. The third kappa shape index (κ3) is 2.42. The zero-order valence-electron chi connectivity index (χ0n) is 8.04. The topological polar surface area (TPSA) is 37.8 Å². The number of nitrogens with zero attached hydrogens (tertiary/aromatic N) is 2. The second-order valence-corrected chi connectivity index (χ2v) is 4.05. The molecule has 0 radical (unpaired) electrons. The SMILES string of the molecule is Clc1nccnc1CC1CCNCC1. The molecule has 1 saturated heterocycles. The normalized spacial score (nSPS) is 18.4. The van der Waals surface area contributed by atoms with Crippen LogP contribution in [-0.2, 0) is 6.42 Å². The van der Waals surface area contributed by atoms with Crippen molar-refractivity contribution in [2.75, 3.05) is 13.1 Å². The average molecular weight is 212 g/mol. The van der Waals surface area contributed by atoms with Crippen LogP contribution in [0.3, 0.4) is 0 Å². The summed E-state index contributed by atoms with van der Waals surface area (Å²) in [5.74, 6) is 0.713. The zero-order valence-corrected chi connectivity index (χ0v) is 8.80. The third-order valence-electron chi connectivity index (χ3n) is 2.66. The van der Waals surface area contributed by atoms with Crippen LogP contribution in [-0.4, -0.2) is 23.1 Å². The molecule has 1 fully saturated rings. The van der Waals surface area contributed by atoms with Crippen molar-refractivity contribution in [3.05, 3.63) is 23.2 Å². The highest BCUT2D eigenvalue weighted by molar-refractivity contribution is 6.29. The molecule has 0 aromatic carbocycles. The quantitative estimate of drug-likeness (QED) is 0.809. The fourth-order valence-electron chi connectivity index (χ4n) is 1.85. The summed E-state index contributed by atoms with van der Waals surface area (Å²) in [6.45, 7) is 2.23. The van der Waals surface area contributed by atoms with Gasteiger partial charge >= 0.3 is 0 Å². The van der Waals surface area contributed by atoms with Crippen LogP contribution in [0.5, 0.6) is 0 Å². The first-order chi connectivity index (χ1) is 6.86. The lowest BCUT2D eigenvalue weighted by Crippen LogP contribution is -2.28. The highest BCUT2D eigenvalue weighted by Gasteiger charge is 2.15. The van der Waals surface area contributed by atoms with Crippen molar-refractivity contribution in [2.24, 2.45) is 5.92 Å². The predicted molar refractivity (Wildman–Crippen MR) is 56.3 cm³/mol. The molecule has 0 amide bonds. The molecule has 1 N–H and O–H groups in total. The van der Waals surface area contributed by atoms with Gasteiger partial charge in [-0.15, -0.1) is 0 Å². The van der Waals surface area contributed by atoms with E-state index in [4.69, 9.17) is 11.6 Å². The summed E-state index contributed by atoms with van der Waals surface area (Å²) in [6, 6.07) is 0. The molecular weight excluding hydrogens is 198 g/mol. The minimum atomic E-state index is 0.561. The number of rotatable bonds is 2. The number of nitrogens with one attached hydrogen (secondary N) is 1. The van der Waals surface area contributed by atoms with E-state index in [0.29, 0.717) is 11.1 Å². The van der Waals surface area contributed by atoms with Gasteiger partial charge in [0.15, 0.2) is 0 Å². The van der Waals surface area contributed by atoms with E-state index in [0.717, 1.165) is 25.2 Å². The molecule has 1 aromatic rings. The Bertz CT molecular complexity index is 297. The lowest BCUT2D eigenvalue weighted by atomic mass is 9.93. The Labute approximate surface area is 88.9 Å². The second kappa shape index (κ2) is 4.71. The zero-order chi connectivity index (χ0) is 9.80. The summed E-state index contributed by atoms with van der Waals surface area (Å²) in [5.41, 5.74) is 0.945. The Balaban J connectivity index is 1.99. The van der Waals surface area contributed by atoms with Crippen LogP contribution < -0.4 is 5.32 Å². The number of halogens is 1. The highest BCUT2D eigenvalue weighted by Crippen LogP contribution is 2.19. The van der Waals surface area contributed by atoms with Gasteiger partial charge in [0.05, 0.1) is 5.69 Å². The molecule has 0 bridgehead atoms.